The first kappa shape index (κ1) is 23.7. The molecule has 0 saturated heterocycles. The molecule has 1 N–H and O–H groups in total. The zero-order valence-corrected chi connectivity index (χ0v) is 19.4. The molecule has 7 heteroatoms. The van der Waals surface area contributed by atoms with E-state index in [2.05, 4.69) is 21.2 Å². The van der Waals surface area contributed by atoms with Crippen molar-refractivity contribution in [3.8, 4) is 11.5 Å². The van der Waals surface area contributed by atoms with Gasteiger partial charge in [-0.3, -0.25) is 9.59 Å². The maximum Gasteiger partial charge on any atom is 0.261 e. The summed E-state index contributed by atoms with van der Waals surface area (Å²) in [5.74, 6) is 0.824. The van der Waals surface area contributed by atoms with Crippen molar-refractivity contribution in [2.45, 2.75) is 45.8 Å². The lowest BCUT2D eigenvalue weighted by Gasteiger charge is -2.29. The Bertz CT molecular complexity index is 824. The van der Waals surface area contributed by atoms with Gasteiger partial charge in [0, 0.05) is 17.1 Å². The molecule has 0 aliphatic rings. The summed E-state index contributed by atoms with van der Waals surface area (Å²) in [6.45, 7) is 5.83. The number of methoxy groups -OCH3 is 1. The molecule has 0 fully saturated rings. The van der Waals surface area contributed by atoms with Crippen LogP contribution in [0.15, 0.2) is 53.0 Å². The average Bonchev–Trinajstić information content (AvgIpc) is 2.76. The summed E-state index contributed by atoms with van der Waals surface area (Å²) in [4.78, 5) is 27.2. The number of benzene rings is 2. The van der Waals surface area contributed by atoms with Crippen molar-refractivity contribution < 1.29 is 19.1 Å². The lowest BCUT2D eigenvalue weighted by Crippen LogP contribution is -2.50. The van der Waals surface area contributed by atoms with Gasteiger partial charge in [0.15, 0.2) is 6.61 Å². The van der Waals surface area contributed by atoms with Crippen LogP contribution < -0.4 is 14.8 Å². The number of halogens is 1. The third-order valence-corrected chi connectivity index (χ3v) is 5.38. The molecule has 30 heavy (non-hydrogen) atoms. The second-order valence-electron chi connectivity index (χ2n) is 7.11. The number of nitrogens with zero attached hydrogens (tertiary/aromatic N) is 1. The van der Waals surface area contributed by atoms with Crippen LogP contribution in [0.1, 0.15) is 32.8 Å². The fourth-order valence-corrected chi connectivity index (χ4v) is 3.00. The normalized spacial score (nSPS) is 12.6. The van der Waals surface area contributed by atoms with Crippen LogP contribution in [0.3, 0.4) is 0 Å². The molecular formula is C23H29BrN2O4. The molecule has 0 unspecified atom stereocenters. The Hall–Kier alpha value is -2.54. The van der Waals surface area contributed by atoms with Crippen molar-refractivity contribution in [2.75, 3.05) is 13.7 Å². The molecule has 6 nitrogen and oxygen atoms in total. The summed E-state index contributed by atoms with van der Waals surface area (Å²) in [7, 11) is 1.59. The minimum absolute atomic E-state index is 0.0418. The molecule has 0 aliphatic heterocycles. The van der Waals surface area contributed by atoms with Gasteiger partial charge in [-0.05, 0) is 62.2 Å². The van der Waals surface area contributed by atoms with E-state index in [9.17, 15) is 9.59 Å². The van der Waals surface area contributed by atoms with E-state index in [0.717, 1.165) is 16.5 Å². The summed E-state index contributed by atoms with van der Waals surface area (Å²) in [6.07, 6.45) is 0.819. The van der Waals surface area contributed by atoms with Gasteiger partial charge in [-0.1, -0.05) is 35.0 Å². The van der Waals surface area contributed by atoms with Gasteiger partial charge in [0.25, 0.3) is 5.91 Å². The van der Waals surface area contributed by atoms with Crippen LogP contribution in [0.25, 0.3) is 0 Å². The van der Waals surface area contributed by atoms with Crippen LogP contribution in [0, 0.1) is 0 Å². The van der Waals surface area contributed by atoms with Crippen LogP contribution in [0.5, 0.6) is 11.5 Å². The predicted octanol–water partition coefficient (Wildman–Crippen LogP) is 4.17. The number of carbonyl (C=O) groups is 2. The third kappa shape index (κ3) is 7.06. The Balaban J connectivity index is 2.12. The molecule has 0 saturated carbocycles. The van der Waals surface area contributed by atoms with E-state index in [1.54, 1.807) is 43.2 Å². The van der Waals surface area contributed by atoms with Gasteiger partial charge in [-0.15, -0.1) is 0 Å². The van der Waals surface area contributed by atoms with Gasteiger partial charge in [-0.25, -0.2) is 0 Å². The maximum absolute atomic E-state index is 13.0. The van der Waals surface area contributed by atoms with Crippen LogP contribution in [-0.2, 0) is 16.1 Å². The van der Waals surface area contributed by atoms with Crippen LogP contribution >= 0.6 is 15.9 Å². The predicted molar refractivity (Wildman–Crippen MR) is 121 cm³/mol. The fourth-order valence-electron chi connectivity index (χ4n) is 2.73. The standard InChI is InChI=1S/C23H29BrN2O4/c1-5-16(2)25-23(28)17(3)26(14-18-6-8-19(24)9-7-18)22(27)15-30-21-12-10-20(29-4)11-13-21/h6-13,16-17H,5,14-15H2,1-4H3,(H,25,28)/t16-,17+/m0/s1. The molecule has 0 heterocycles. The quantitative estimate of drug-likeness (QED) is 0.558. The Labute approximate surface area is 186 Å². The number of carbonyl (C=O) groups excluding carboxylic acids is 2. The second kappa shape index (κ2) is 11.6. The smallest absolute Gasteiger partial charge is 0.261 e. The average molecular weight is 477 g/mol. The topological polar surface area (TPSA) is 67.9 Å². The van der Waals surface area contributed by atoms with Crippen molar-refractivity contribution in [3.05, 3.63) is 58.6 Å². The Morgan fingerprint density at radius 3 is 2.20 bits per heavy atom. The monoisotopic (exact) mass is 476 g/mol. The minimum Gasteiger partial charge on any atom is -0.497 e. The zero-order chi connectivity index (χ0) is 22.1. The zero-order valence-electron chi connectivity index (χ0n) is 17.9. The number of rotatable bonds is 10. The first-order chi connectivity index (χ1) is 14.3. The molecule has 2 aromatic carbocycles. The van der Waals surface area contributed by atoms with Gasteiger partial charge in [0.2, 0.25) is 5.91 Å². The van der Waals surface area contributed by atoms with E-state index in [-0.39, 0.29) is 24.5 Å². The lowest BCUT2D eigenvalue weighted by atomic mass is 10.1. The maximum atomic E-state index is 13.0. The molecule has 0 aromatic heterocycles. The molecule has 2 atom stereocenters. The summed E-state index contributed by atoms with van der Waals surface area (Å²) in [6, 6.07) is 14.1. The lowest BCUT2D eigenvalue weighted by molar-refractivity contribution is -0.142. The Morgan fingerprint density at radius 1 is 1.03 bits per heavy atom. The number of ether oxygens (including phenoxy) is 2. The van der Waals surface area contributed by atoms with E-state index < -0.39 is 6.04 Å². The third-order valence-electron chi connectivity index (χ3n) is 4.86. The molecule has 0 radical (unpaired) electrons. The minimum atomic E-state index is -0.630. The molecule has 0 aliphatic carbocycles. The molecular weight excluding hydrogens is 448 g/mol. The van der Waals surface area contributed by atoms with E-state index in [1.165, 1.54) is 0 Å². The second-order valence-corrected chi connectivity index (χ2v) is 8.02. The molecule has 2 aromatic rings. The van der Waals surface area contributed by atoms with Crippen LogP contribution in [0.4, 0.5) is 0 Å². The molecule has 0 bridgehead atoms. The molecule has 2 rings (SSSR count). The summed E-state index contributed by atoms with van der Waals surface area (Å²) < 4.78 is 11.7. The highest BCUT2D eigenvalue weighted by Crippen LogP contribution is 2.18. The van der Waals surface area contributed by atoms with Gasteiger partial charge >= 0.3 is 0 Å². The van der Waals surface area contributed by atoms with Crippen LogP contribution in [0.2, 0.25) is 0 Å². The Kier molecular flexibility index (Phi) is 9.17. The van der Waals surface area contributed by atoms with E-state index >= 15 is 0 Å². The summed E-state index contributed by atoms with van der Waals surface area (Å²) in [5, 5.41) is 2.95. The highest BCUT2D eigenvalue weighted by molar-refractivity contribution is 9.10. The SMILES string of the molecule is CC[C@H](C)NC(=O)[C@@H](C)N(Cc1ccc(Br)cc1)C(=O)COc1ccc(OC)cc1. The number of nitrogens with one attached hydrogen (secondary N) is 1. The first-order valence-corrected chi connectivity index (χ1v) is 10.7. The van der Waals surface area contributed by atoms with E-state index in [0.29, 0.717) is 18.0 Å². The largest absolute Gasteiger partial charge is 0.497 e. The first-order valence-electron chi connectivity index (χ1n) is 9.95. The van der Waals surface area contributed by atoms with Gasteiger partial charge in [0.05, 0.1) is 7.11 Å². The molecule has 0 spiro atoms. The highest BCUT2D eigenvalue weighted by Gasteiger charge is 2.27. The highest BCUT2D eigenvalue weighted by atomic mass is 79.9. The number of hydrogen-bond acceptors (Lipinski definition) is 4. The van der Waals surface area contributed by atoms with Crippen molar-refractivity contribution in [3.63, 3.8) is 0 Å². The van der Waals surface area contributed by atoms with Crippen LogP contribution in [-0.4, -0.2) is 42.5 Å². The van der Waals surface area contributed by atoms with Crippen molar-refractivity contribution in [1.82, 2.24) is 10.2 Å². The van der Waals surface area contributed by atoms with Crippen molar-refractivity contribution in [1.29, 1.82) is 0 Å². The summed E-state index contributed by atoms with van der Waals surface area (Å²) in [5.41, 5.74) is 0.930. The van der Waals surface area contributed by atoms with E-state index in [1.807, 2.05) is 38.1 Å². The van der Waals surface area contributed by atoms with Gasteiger partial charge in [0.1, 0.15) is 17.5 Å². The van der Waals surface area contributed by atoms with Gasteiger partial charge < -0.3 is 19.7 Å². The Morgan fingerprint density at radius 2 is 1.63 bits per heavy atom. The summed E-state index contributed by atoms with van der Waals surface area (Å²) >= 11 is 3.42. The number of hydrogen-bond donors (Lipinski definition) is 1. The van der Waals surface area contributed by atoms with Crippen molar-refractivity contribution >= 4 is 27.7 Å². The van der Waals surface area contributed by atoms with E-state index in [4.69, 9.17) is 9.47 Å². The fraction of sp³-hybridized carbons (Fsp3) is 0.391. The molecule has 2 amide bonds. The molecule has 162 valence electrons. The number of amides is 2. The van der Waals surface area contributed by atoms with Crippen molar-refractivity contribution in [2.24, 2.45) is 0 Å². The van der Waals surface area contributed by atoms with Gasteiger partial charge in [-0.2, -0.15) is 0 Å².